The second-order valence-electron chi connectivity index (χ2n) is 6.93. The third-order valence-electron chi connectivity index (χ3n) is 4.10. The van der Waals surface area contributed by atoms with Gasteiger partial charge in [0.1, 0.15) is 18.1 Å². The number of nitrogens with two attached hydrogens (primary N) is 2. The zero-order valence-corrected chi connectivity index (χ0v) is 18.0. The minimum atomic E-state index is -1.61. The first-order valence-electron chi connectivity index (χ1n) is 9.22. The number of hydrogen-bond acceptors (Lipinski definition) is 8. The molecule has 9 N–H and O–H groups in total. The molecular weight excluding hydrogens is 418 g/mol. The summed E-state index contributed by atoms with van der Waals surface area (Å²) in [4.78, 5) is 59.1. The molecule has 0 spiro atoms. The molecule has 13 heteroatoms. The van der Waals surface area contributed by atoms with Crippen LogP contribution in [0.25, 0.3) is 0 Å². The molecular formula is C17H31N5O7S. The van der Waals surface area contributed by atoms with Crippen LogP contribution in [0.1, 0.15) is 26.7 Å². The average Bonchev–Trinajstić information content (AvgIpc) is 2.66. The van der Waals surface area contributed by atoms with E-state index in [9.17, 15) is 29.1 Å². The van der Waals surface area contributed by atoms with E-state index in [1.54, 1.807) is 13.8 Å². The summed E-state index contributed by atoms with van der Waals surface area (Å²) >= 11 is 1.44. The van der Waals surface area contributed by atoms with Crippen molar-refractivity contribution < 1.29 is 34.2 Å². The van der Waals surface area contributed by atoms with Crippen molar-refractivity contribution in [3.8, 4) is 0 Å². The van der Waals surface area contributed by atoms with Crippen LogP contribution in [0, 0.1) is 5.92 Å². The topological polar surface area (TPSA) is 214 Å². The van der Waals surface area contributed by atoms with E-state index in [0.717, 1.165) is 0 Å². The maximum absolute atomic E-state index is 12.6. The zero-order chi connectivity index (χ0) is 23.4. The lowest BCUT2D eigenvalue weighted by molar-refractivity contribution is -0.144. The molecule has 0 aliphatic heterocycles. The van der Waals surface area contributed by atoms with Crippen LogP contribution >= 0.6 is 11.8 Å². The first kappa shape index (κ1) is 27.6. The number of aliphatic carboxylic acids is 1. The number of carbonyl (C=O) groups excluding carboxylic acids is 4. The van der Waals surface area contributed by atoms with Gasteiger partial charge in [-0.05, 0) is 24.3 Å². The highest BCUT2D eigenvalue weighted by molar-refractivity contribution is 7.98. The molecule has 4 amide bonds. The van der Waals surface area contributed by atoms with E-state index >= 15 is 0 Å². The molecule has 0 aromatic carbocycles. The van der Waals surface area contributed by atoms with Crippen LogP contribution in [-0.2, 0) is 24.0 Å². The molecule has 0 bridgehead atoms. The van der Waals surface area contributed by atoms with Crippen LogP contribution in [0.15, 0.2) is 0 Å². The van der Waals surface area contributed by atoms with Gasteiger partial charge < -0.3 is 37.6 Å². The quantitative estimate of drug-likeness (QED) is 0.145. The number of thioether (sulfide) groups is 1. The van der Waals surface area contributed by atoms with Gasteiger partial charge in [-0.15, -0.1) is 0 Å². The van der Waals surface area contributed by atoms with E-state index in [0.29, 0.717) is 5.75 Å². The lowest BCUT2D eigenvalue weighted by Crippen LogP contribution is -2.58. The van der Waals surface area contributed by atoms with Gasteiger partial charge in [-0.3, -0.25) is 19.2 Å². The number of hydrogen-bond donors (Lipinski definition) is 7. The summed E-state index contributed by atoms with van der Waals surface area (Å²) in [5.41, 5.74) is 10.7. The average molecular weight is 450 g/mol. The Morgan fingerprint density at radius 2 is 1.43 bits per heavy atom. The number of nitrogens with one attached hydrogen (secondary N) is 3. The van der Waals surface area contributed by atoms with E-state index in [2.05, 4.69) is 10.6 Å². The van der Waals surface area contributed by atoms with Gasteiger partial charge in [0, 0.05) is 0 Å². The van der Waals surface area contributed by atoms with Crippen molar-refractivity contribution in [2.45, 2.75) is 50.9 Å². The molecule has 0 aliphatic rings. The zero-order valence-electron chi connectivity index (χ0n) is 17.2. The Labute approximate surface area is 178 Å². The van der Waals surface area contributed by atoms with Crippen molar-refractivity contribution in [1.82, 2.24) is 16.0 Å². The summed E-state index contributed by atoms with van der Waals surface area (Å²) in [5.74, 6) is -4.40. The third-order valence-corrected chi connectivity index (χ3v) is 4.74. The SMILES string of the molecule is CSCCC(NC(=O)C(N)C(C)C)C(=O)NC(CO)C(=O)NC(CC(N)=O)C(=O)O. The summed E-state index contributed by atoms with van der Waals surface area (Å²) in [6.45, 7) is 2.66. The predicted octanol–water partition coefficient (Wildman–Crippen LogP) is -2.87. The summed E-state index contributed by atoms with van der Waals surface area (Å²) in [7, 11) is 0. The Bertz CT molecular complexity index is 632. The second-order valence-corrected chi connectivity index (χ2v) is 7.91. The van der Waals surface area contributed by atoms with Crippen LogP contribution in [0.4, 0.5) is 0 Å². The lowest BCUT2D eigenvalue weighted by atomic mass is 10.0. The Balaban J connectivity index is 5.21. The van der Waals surface area contributed by atoms with Crippen LogP contribution in [0.5, 0.6) is 0 Å². The summed E-state index contributed by atoms with van der Waals surface area (Å²) in [6, 6.07) is -4.97. The molecule has 0 aromatic heterocycles. The van der Waals surface area contributed by atoms with Gasteiger partial charge >= 0.3 is 5.97 Å². The number of aliphatic hydroxyl groups excluding tert-OH is 1. The molecule has 0 fully saturated rings. The normalized spacial score (nSPS) is 14.9. The van der Waals surface area contributed by atoms with Crippen molar-refractivity contribution in [3.63, 3.8) is 0 Å². The van der Waals surface area contributed by atoms with Gasteiger partial charge in [0.2, 0.25) is 23.6 Å². The minimum Gasteiger partial charge on any atom is -0.480 e. The van der Waals surface area contributed by atoms with Crippen LogP contribution in [0.2, 0.25) is 0 Å². The first-order chi connectivity index (χ1) is 13.9. The molecule has 0 heterocycles. The summed E-state index contributed by atoms with van der Waals surface area (Å²) in [6.07, 6.45) is 1.39. The third kappa shape index (κ3) is 9.89. The monoisotopic (exact) mass is 449 g/mol. The lowest BCUT2D eigenvalue weighted by Gasteiger charge is -2.24. The number of carbonyl (C=O) groups is 5. The van der Waals surface area contributed by atoms with Crippen LogP contribution in [0.3, 0.4) is 0 Å². The second kappa shape index (κ2) is 13.8. The molecule has 4 unspecified atom stereocenters. The summed E-state index contributed by atoms with van der Waals surface area (Å²) < 4.78 is 0. The highest BCUT2D eigenvalue weighted by Gasteiger charge is 2.30. The number of aliphatic hydroxyl groups is 1. The molecule has 0 aliphatic carbocycles. The number of primary amides is 1. The van der Waals surface area contributed by atoms with Gasteiger partial charge in [-0.25, -0.2) is 4.79 Å². The van der Waals surface area contributed by atoms with Gasteiger partial charge in [0.15, 0.2) is 0 Å². The Kier molecular flexibility index (Phi) is 12.7. The molecule has 0 aromatic rings. The fraction of sp³-hybridized carbons (Fsp3) is 0.706. The van der Waals surface area contributed by atoms with Crippen molar-refractivity contribution in [2.24, 2.45) is 17.4 Å². The van der Waals surface area contributed by atoms with E-state index in [4.69, 9.17) is 16.6 Å². The predicted molar refractivity (Wildman–Crippen MR) is 110 cm³/mol. The van der Waals surface area contributed by atoms with E-state index in [-0.39, 0.29) is 12.3 Å². The molecule has 12 nitrogen and oxygen atoms in total. The molecule has 0 radical (unpaired) electrons. The van der Waals surface area contributed by atoms with E-state index < -0.39 is 66.8 Å². The molecule has 0 saturated carbocycles. The van der Waals surface area contributed by atoms with E-state index in [1.807, 2.05) is 11.6 Å². The molecule has 4 atom stereocenters. The number of rotatable bonds is 14. The van der Waals surface area contributed by atoms with Crippen molar-refractivity contribution in [2.75, 3.05) is 18.6 Å². The van der Waals surface area contributed by atoms with Gasteiger partial charge in [0.25, 0.3) is 0 Å². The number of carboxylic acid groups (broad SMARTS) is 1. The smallest absolute Gasteiger partial charge is 0.326 e. The fourth-order valence-electron chi connectivity index (χ4n) is 2.22. The Morgan fingerprint density at radius 1 is 0.933 bits per heavy atom. The standard InChI is InChI=1S/C17H31N5O7S/c1-8(2)13(19)16(27)20-9(4-5-30-3)14(25)22-11(7-23)15(26)21-10(17(28)29)6-12(18)24/h8-11,13,23H,4-7,19H2,1-3H3,(H2,18,24)(H,20,27)(H,21,26)(H,22,25)(H,28,29). The highest BCUT2D eigenvalue weighted by atomic mass is 32.2. The minimum absolute atomic E-state index is 0.163. The highest BCUT2D eigenvalue weighted by Crippen LogP contribution is 2.05. The number of amides is 4. The molecule has 0 rings (SSSR count). The maximum Gasteiger partial charge on any atom is 0.326 e. The van der Waals surface area contributed by atoms with Crippen LogP contribution < -0.4 is 27.4 Å². The number of carboxylic acids is 1. The van der Waals surface area contributed by atoms with Crippen molar-refractivity contribution in [3.05, 3.63) is 0 Å². The molecule has 172 valence electrons. The largest absolute Gasteiger partial charge is 0.480 e. The fourth-order valence-corrected chi connectivity index (χ4v) is 2.69. The Morgan fingerprint density at radius 3 is 1.87 bits per heavy atom. The van der Waals surface area contributed by atoms with Crippen LogP contribution in [-0.4, -0.2) is 82.6 Å². The van der Waals surface area contributed by atoms with Gasteiger partial charge in [-0.2, -0.15) is 11.8 Å². The van der Waals surface area contributed by atoms with Crippen molar-refractivity contribution >= 4 is 41.4 Å². The van der Waals surface area contributed by atoms with Gasteiger partial charge in [0.05, 0.1) is 19.1 Å². The van der Waals surface area contributed by atoms with Gasteiger partial charge in [-0.1, -0.05) is 13.8 Å². The van der Waals surface area contributed by atoms with Crippen molar-refractivity contribution in [1.29, 1.82) is 0 Å². The van der Waals surface area contributed by atoms with E-state index in [1.165, 1.54) is 11.8 Å². The molecule has 30 heavy (non-hydrogen) atoms. The molecule has 0 saturated heterocycles. The maximum atomic E-state index is 12.6. The summed E-state index contributed by atoms with van der Waals surface area (Å²) in [5, 5.41) is 25.3. The first-order valence-corrected chi connectivity index (χ1v) is 10.6. The Hall–Kier alpha value is -2.38.